The van der Waals surface area contributed by atoms with Crippen LogP contribution >= 0.6 is 0 Å². The second-order valence-corrected chi connectivity index (χ2v) is 5.80. The number of rotatable bonds is 6. The zero-order chi connectivity index (χ0) is 18.5. The van der Waals surface area contributed by atoms with Crippen molar-refractivity contribution in [3.8, 4) is 17.6 Å². The van der Waals surface area contributed by atoms with E-state index in [0.29, 0.717) is 36.8 Å². The van der Waals surface area contributed by atoms with Crippen molar-refractivity contribution in [2.24, 2.45) is 0 Å². The molecule has 1 unspecified atom stereocenters. The third-order valence-corrected chi connectivity index (χ3v) is 4.20. The molecule has 1 N–H and O–H groups in total. The molecule has 0 bridgehead atoms. The third-order valence-electron chi connectivity index (χ3n) is 4.20. The highest BCUT2D eigenvalue weighted by molar-refractivity contribution is 5.95. The summed E-state index contributed by atoms with van der Waals surface area (Å²) in [5, 5.41) is 11.8. The van der Waals surface area contributed by atoms with Crippen molar-refractivity contribution in [2.75, 3.05) is 24.7 Å². The molecule has 0 aliphatic carbocycles. The number of anilines is 1. The van der Waals surface area contributed by atoms with Gasteiger partial charge in [-0.3, -0.25) is 4.90 Å². The van der Waals surface area contributed by atoms with E-state index in [-0.39, 0.29) is 12.1 Å². The Labute approximate surface area is 152 Å². The Morgan fingerprint density at radius 3 is 2.46 bits per heavy atom. The lowest BCUT2D eigenvalue weighted by Gasteiger charge is -2.24. The summed E-state index contributed by atoms with van der Waals surface area (Å²) in [4.78, 5) is 14.1. The zero-order valence-electron chi connectivity index (χ0n) is 14.9. The van der Waals surface area contributed by atoms with Gasteiger partial charge in [-0.1, -0.05) is 6.07 Å². The van der Waals surface area contributed by atoms with E-state index in [2.05, 4.69) is 11.4 Å². The maximum absolute atomic E-state index is 12.4. The average molecular weight is 351 g/mol. The van der Waals surface area contributed by atoms with Gasteiger partial charge in [0.1, 0.15) is 0 Å². The fourth-order valence-corrected chi connectivity index (χ4v) is 3.04. The SMILES string of the molecule is CCOc1ccc(C2CNC(=O)N2c2ccc(C#N)cc2)cc1OCC. The number of ether oxygens (including phenoxy) is 2. The molecule has 2 aromatic rings. The maximum atomic E-state index is 12.4. The van der Waals surface area contributed by atoms with Gasteiger partial charge in [-0.15, -0.1) is 0 Å². The first-order chi connectivity index (χ1) is 12.7. The molecular formula is C20H21N3O3. The van der Waals surface area contributed by atoms with Gasteiger partial charge in [0.25, 0.3) is 0 Å². The summed E-state index contributed by atoms with van der Waals surface area (Å²) in [6, 6.07) is 14.5. The van der Waals surface area contributed by atoms with Crippen molar-refractivity contribution in [3.05, 3.63) is 53.6 Å². The summed E-state index contributed by atoms with van der Waals surface area (Å²) in [5.74, 6) is 1.37. The molecule has 0 saturated carbocycles. The Hall–Kier alpha value is -3.20. The number of amides is 2. The van der Waals surface area contributed by atoms with E-state index >= 15 is 0 Å². The van der Waals surface area contributed by atoms with Crippen molar-refractivity contribution in [1.29, 1.82) is 5.26 Å². The average Bonchev–Trinajstić information content (AvgIpc) is 3.05. The fraction of sp³-hybridized carbons (Fsp3) is 0.300. The number of carbonyl (C=O) groups excluding carboxylic acids is 1. The normalized spacial score (nSPS) is 16.1. The Kier molecular flexibility index (Phi) is 5.28. The molecule has 1 fully saturated rings. The number of hydrogen-bond donors (Lipinski definition) is 1. The zero-order valence-corrected chi connectivity index (χ0v) is 14.9. The molecule has 0 spiro atoms. The van der Waals surface area contributed by atoms with Crippen molar-refractivity contribution in [2.45, 2.75) is 19.9 Å². The number of nitrogens with zero attached hydrogens (tertiary/aromatic N) is 2. The van der Waals surface area contributed by atoms with E-state index in [9.17, 15) is 4.79 Å². The molecule has 6 nitrogen and oxygen atoms in total. The van der Waals surface area contributed by atoms with Gasteiger partial charge >= 0.3 is 6.03 Å². The summed E-state index contributed by atoms with van der Waals surface area (Å²) in [6.45, 7) is 5.44. The smallest absolute Gasteiger partial charge is 0.322 e. The van der Waals surface area contributed by atoms with Gasteiger partial charge in [0.15, 0.2) is 11.5 Å². The molecule has 2 amide bonds. The Morgan fingerprint density at radius 1 is 1.12 bits per heavy atom. The molecule has 1 aliphatic rings. The molecule has 6 heteroatoms. The summed E-state index contributed by atoms with van der Waals surface area (Å²) in [7, 11) is 0. The van der Waals surface area contributed by atoms with Crippen LogP contribution in [-0.4, -0.2) is 25.8 Å². The second kappa shape index (κ2) is 7.79. The van der Waals surface area contributed by atoms with Crippen LogP contribution in [0.2, 0.25) is 0 Å². The molecule has 26 heavy (non-hydrogen) atoms. The van der Waals surface area contributed by atoms with E-state index in [4.69, 9.17) is 14.7 Å². The molecular weight excluding hydrogens is 330 g/mol. The van der Waals surface area contributed by atoms with E-state index in [1.807, 2.05) is 32.0 Å². The third kappa shape index (κ3) is 3.42. The molecule has 1 aliphatic heterocycles. The van der Waals surface area contributed by atoms with Crippen LogP contribution in [0.25, 0.3) is 0 Å². The monoisotopic (exact) mass is 351 g/mol. The number of nitrogens with one attached hydrogen (secondary N) is 1. The minimum Gasteiger partial charge on any atom is -0.490 e. The van der Waals surface area contributed by atoms with Crippen LogP contribution in [0, 0.1) is 11.3 Å². The number of urea groups is 1. The van der Waals surface area contributed by atoms with Crippen molar-refractivity contribution >= 4 is 11.7 Å². The van der Waals surface area contributed by atoms with E-state index in [1.54, 1.807) is 29.2 Å². The summed E-state index contributed by atoms with van der Waals surface area (Å²) in [5.41, 5.74) is 2.26. The van der Waals surface area contributed by atoms with Gasteiger partial charge in [-0.2, -0.15) is 5.26 Å². The van der Waals surface area contributed by atoms with Crippen molar-refractivity contribution in [3.63, 3.8) is 0 Å². The number of benzene rings is 2. The van der Waals surface area contributed by atoms with E-state index in [1.165, 1.54) is 0 Å². The highest BCUT2D eigenvalue weighted by atomic mass is 16.5. The van der Waals surface area contributed by atoms with Crippen LogP contribution < -0.4 is 19.7 Å². The number of nitriles is 1. The first kappa shape index (κ1) is 17.6. The van der Waals surface area contributed by atoms with Crippen molar-refractivity contribution in [1.82, 2.24) is 5.32 Å². The van der Waals surface area contributed by atoms with Crippen molar-refractivity contribution < 1.29 is 14.3 Å². The predicted octanol–water partition coefficient (Wildman–Crippen LogP) is 3.63. The first-order valence-electron chi connectivity index (χ1n) is 8.64. The van der Waals surface area contributed by atoms with Crippen LogP contribution in [0.1, 0.15) is 31.0 Å². The molecule has 134 valence electrons. The maximum Gasteiger partial charge on any atom is 0.322 e. The Bertz CT molecular complexity index is 827. The first-order valence-corrected chi connectivity index (χ1v) is 8.64. The molecule has 2 aromatic carbocycles. The Balaban J connectivity index is 1.94. The summed E-state index contributed by atoms with van der Waals surface area (Å²) >= 11 is 0. The highest BCUT2D eigenvalue weighted by Crippen LogP contribution is 2.36. The van der Waals surface area contributed by atoms with E-state index < -0.39 is 0 Å². The van der Waals surface area contributed by atoms with Crippen LogP contribution in [-0.2, 0) is 0 Å². The quantitative estimate of drug-likeness (QED) is 0.862. The summed E-state index contributed by atoms with van der Waals surface area (Å²) in [6.07, 6.45) is 0. The van der Waals surface area contributed by atoms with Crippen LogP contribution in [0.5, 0.6) is 11.5 Å². The van der Waals surface area contributed by atoms with Gasteiger partial charge in [0.05, 0.1) is 30.9 Å². The van der Waals surface area contributed by atoms with Crippen LogP contribution in [0.3, 0.4) is 0 Å². The van der Waals surface area contributed by atoms with Crippen LogP contribution in [0.15, 0.2) is 42.5 Å². The lowest BCUT2D eigenvalue weighted by molar-refractivity contribution is 0.251. The van der Waals surface area contributed by atoms with Gasteiger partial charge in [-0.25, -0.2) is 4.79 Å². The minimum atomic E-state index is -0.162. The molecule has 3 rings (SSSR count). The molecule has 1 heterocycles. The van der Waals surface area contributed by atoms with E-state index in [0.717, 1.165) is 11.3 Å². The predicted molar refractivity (Wildman–Crippen MR) is 98.6 cm³/mol. The molecule has 0 aromatic heterocycles. The molecule has 1 saturated heterocycles. The number of hydrogen-bond acceptors (Lipinski definition) is 4. The fourth-order valence-electron chi connectivity index (χ4n) is 3.04. The minimum absolute atomic E-state index is 0.161. The van der Waals surface area contributed by atoms with Gasteiger partial charge < -0.3 is 14.8 Å². The topological polar surface area (TPSA) is 74.6 Å². The lowest BCUT2D eigenvalue weighted by Crippen LogP contribution is -2.29. The standard InChI is InChI=1S/C20H21N3O3/c1-3-25-18-10-7-15(11-19(18)26-4-2)17-13-22-20(24)23(17)16-8-5-14(12-21)6-9-16/h5-11,17H,3-4,13H2,1-2H3,(H,22,24). The largest absolute Gasteiger partial charge is 0.490 e. The molecule has 0 radical (unpaired) electrons. The second-order valence-electron chi connectivity index (χ2n) is 5.80. The lowest BCUT2D eigenvalue weighted by atomic mass is 10.0. The number of carbonyl (C=O) groups is 1. The van der Waals surface area contributed by atoms with Gasteiger partial charge in [0.2, 0.25) is 0 Å². The molecule has 1 atom stereocenters. The van der Waals surface area contributed by atoms with Gasteiger partial charge in [-0.05, 0) is 55.8 Å². The van der Waals surface area contributed by atoms with Gasteiger partial charge in [0, 0.05) is 12.2 Å². The van der Waals surface area contributed by atoms with Crippen LogP contribution in [0.4, 0.5) is 10.5 Å². The Morgan fingerprint density at radius 2 is 1.81 bits per heavy atom. The highest BCUT2D eigenvalue weighted by Gasteiger charge is 2.33. The summed E-state index contributed by atoms with van der Waals surface area (Å²) < 4.78 is 11.3.